The Kier molecular flexibility index (Phi) is 3.26. The lowest BCUT2D eigenvalue weighted by atomic mass is 9.92. The molecule has 0 fully saturated rings. The van der Waals surface area contributed by atoms with Crippen LogP contribution in [0.3, 0.4) is 0 Å². The van der Waals surface area contributed by atoms with E-state index in [9.17, 15) is 4.79 Å². The van der Waals surface area contributed by atoms with Crippen molar-refractivity contribution in [2.45, 2.75) is 34.1 Å². The van der Waals surface area contributed by atoms with Crippen LogP contribution in [0.4, 0.5) is 5.13 Å². The van der Waals surface area contributed by atoms with Gasteiger partial charge in [-0.25, -0.2) is 4.98 Å². The number of rotatable bonds is 2. The van der Waals surface area contributed by atoms with E-state index < -0.39 is 0 Å². The molecule has 0 saturated heterocycles. The molecule has 0 unspecified atom stereocenters. The number of hydrogen-bond acceptors (Lipinski definition) is 3. The Morgan fingerprint density at radius 3 is 2.64 bits per heavy atom. The fourth-order valence-corrected chi connectivity index (χ4v) is 1.76. The first-order valence-corrected chi connectivity index (χ1v) is 5.47. The van der Waals surface area contributed by atoms with Gasteiger partial charge in [-0.15, -0.1) is 11.3 Å². The summed E-state index contributed by atoms with van der Waals surface area (Å²) in [6.45, 7) is 8.04. The van der Waals surface area contributed by atoms with Gasteiger partial charge in [0.1, 0.15) is 0 Å². The number of nitrogens with zero attached hydrogens (tertiary/aromatic N) is 1. The minimum atomic E-state index is 0.0242. The van der Waals surface area contributed by atoms with Gasteiger partial charge in [-0.3, -0.25) is 4.79 Å². The van der Waals surface area contributed by atoms with Gasteiger partial charge in [0.15, 0.2) is 5.13 Å². The number of carbonyl (C=O) groups excluding carboxylic acids is 1. The number of carbonyl (C=O) groups is 1. The Morgan fingerprint density at radius 1 is 1.57 bits per heavy atom. The van der Waals surface area contributed by atoms with Crippen LogP contribution < -0.4 is 5.32 Å². The Hall–Kier alpha value is -0.900. The molecule has 0 aliphatic rings. The van der Waals surface area contributed by atoms with Crippen molar-refractivity contribution in [3.05, 3.63) is 11.1 Å². The van der Waals surface area contributed by atoms with Crippen LogP contribution in [0, 0.1) is 12.3 Å². The topological polar surface area (TPSA) is 42.0 Å². The van der Waals surface area contributed by atoms with Crippen LogP contribution in [0.15, 0.2) is 5.38 Å². The van der Waals surface area contributed by atoms with Gasteiger partial charge in [0, 0.05) is 11.8 Å². The first kappa shape index (κ1) is 11.2. The molecule has 14 heavy (non-hydrogen) atoms. The van der Waals surface area contributed by atoms with E-state index in [1.165, 1.54) is 11.3 Å². The summed E-state index contributed by atoms with van der Waals surface area (Å²) in [4.78, 5) is 15.7. The molecule has 0 radical (unpaired) electrons. The Labute approximate surface area is 88.6 Å². The SMILES string of the molecule is Cc1csc(NC(=O)CC(C)(C)C)n1. The molecule has 1 aromatic rings. The molecule has 1 heterocycles. The molecule has 0 aliphatic heterocycles. The summed E-state index contributed by atoms with van der Waals surface area (Å²) in [6.07, 6.45) is 0.519. The Bertz CT molecular complexity index is 325. The highest BCUT2D eigenvalue weighted by Crippen LogP contribution is 2.20. The molecule has 1 rings (SSSR count). The van der Waals surface area contributed by atoms with E-state index >= 15 is 0 Å². The molecule has 0 bridgehead atoms. The molecule has 0 atom stereocenters. The fraction of sp³-hybridized carbons (Fsp3) is 0.600. The number of anilines is 1. The minimum absolute atomic E-state index is 0.0242. The third-order valence-corrected chi connectivity index (χ3v) is 2.43. The molecule has 3 nitrogen and oxygen atoms in total. The third-order valence-electron chi connectivity index (χ3n) is 1.56. The summed E-state index contributed by atoms with van der Waals surface area (Å²) in [5, 5.41) is 5.40. The summed E-state index contributed by atoms with van der Waals surface area (Å²) < 4.78 is 0. The van der Waals surface area contributed by atoms with Gasteiger partial charge in [-0.2, -0.15) is 0 Å². The van der Waals surface area contributed by atoms with E-state index in [1.807, 2.05) is 33.1 Å². The summed E-state index contributed by atoms with van der Waals surface area (Å²) in [5.41, 5.74) is 0.970. The molecule has 0 saturated carbocycles. The van der Waals surface area contributed by atoms with Crippen molar-refractivity contribution in [3.8, 4) is 0 Å². The van der Waals surface area contributed by atoms with Crippen LogP contribution in [0.25, 0.3) is 0 Å². The predicted octanol–water partition coefficient (Wildman–Crippen LogP) is 2.83. The summed E-state index contributed by atoms with van der Waals surface area (Å²) in [6, 6.07) is 0. The lowest BCUT2D eigenvalue weighted by molar-refractivity contribution is -0.117. The predicted molar refractivity (Wildman–Crippen MR) is 59.6 cm³/mol. The average molecular weight is 212 g/mol. The van der Waals surface area contributed by atoms with Gasteiger partial charge in [0.2, 0.25) is 5.91 Å². The number of amides is 1. The normalized spacial score (nSPS) is 11.4. The van der Waals surface area contributed by atoms with Gasteiger partial charge in [-0.05, 0) is 12.3 Å². The monoisotopic (exact) mass is 212 g/mol. The maximum atomic E-state index is 11.5. The van der Waals surface area contributed by atoms with Crippen LogP contribution in [0.2, 0.25) is 0 Å². The summed E-state index contributed by atoms with van der Waals surface area (Å²) >= 11 is 1.46. The third kappa shape index (κ3) is 3.87. The van der Waals surface area contributed by atoms with E-state index in [1.54, 1.807) is 0 Å². The van der Waals surface area contributed by atoms with Gasteiger partial charge in [0.25, 0.3) is 0 Å². The molecule has 1 N–H and O–H groups in total. The fourth-order valence-electron chi connectivity index (χ4n) is 1.06. The number of nitrogens with one attached hydrogen (secondary N) is 1. The van der Waals surface area contributed by atoms with Crippen molar-refractivity contribution in [2.75, 3.05) is 5.32 Å². The number of thiazole rings is 1. The zero-order valence-electron chi connectivity index (χ0n) is 9.05. The highest BCUT2D eigenvalue weighted by atomic mass is 32.1. The smallest absolute Gasteiger partial charge is 0.226 e. The summed E-state index contributed by atoms with van der Waals surface area (Å²) in [5.74, 6) is 0.0341. The standard InChI is InChI=1S/C10H16N2OS/c1-7-6-14-9(11-7)12-8(13)5-10(2,3)4/h6H,5H2,1-4H3,(H,11,12,13). The van der Waals surface area contributed by atoms with E-state index in [-0.39, 0.29) is 11.3 Å². The van der Waals surface area contributed by atoms with Gasteiger partial charge >= 0.3 is 0 Å². The second-order valence-electron chi connectivity index (χ2n) is 4.58. The molecule has 78 valence electrons. The average Bonchev–Trinajstić information content (AvgIpc) is 2.30. The van der Waals surface area contributed by atoms with E-state index in [2.05, 4.69) is 10.3 Å². The molecule has 0 aliphatic carbocycles. The van der Waals surface area contributed by atoms with Gasteiger partial charge < -0.3 is 5.32 Å². The molecule has 4 heteroatoms. The second kappa shape index (κ2) is 4.09. The van der Waals surface area contributed by atoms with Crippen molar-refractivity contribution in [3.63, 3.8) is 0 Å². The van der Waals surface area contributed by atoms with Crippen molar-refractivity contribution in [2.24, 2.45) is 5.41 Å². The zero-order chi connectivity index (χ0) is 10.8. The lowest BCUT2D eigenvalue weighted by Crippen LogP contribution is -2.19. The van der Waals surface area contributed by atoms with E-state index in [0.717, 1.165) is 5.69 Å². The highest BCUT2D eigenvalue weighted by molar-refractivity contribution is 7.13. The van der Waals surface area contributed by atoms with Crippen LogP contribution in [-0.4, -0.2) is 10.9 Å². The van der Waals surface area contributed by atoms with Crippen LogP contribution >= 0.6 is 11.3 Å². The Balaban J connectivity index is 2.50. The Morgan fingerprint density at radius 2 is 2.21 bits per heavy atom. The molecular weight excluding hydrogens is 196 g/mol. The maximum Gasteiger partial charge on any atom is 0.226 e. The second-order valence-corrected chi connectivity index (χ2v) is 5.44. The van der Waals surface area contributed by atoms with Crippen LogP contribution in [-0.2, 0) is 4.79 Å². The summed E-state index contributed by atoms with van der Waals surface area (Å²) in [7, 11) is 0. The lowest BCUT2D eigenvalue weighted by Gasteiger charge is -2.16. The minimum Gasteiger partial charge on any atom is -0.302 e. The van der Waals surface area contributed by atoms with Crippen LogP contribution in [0.1, 0.15) is 32.9 Å². The van der Waals surface area contributed by atoms with Gasteiger partial charge in [-0.1, -0.05) is 20.8 Å². The highest BCUT2D eigenvalue weighted by Gasteiger charge is 2.16. The molecule has 1 amide bonds. The largest absolute Gasteiger partial charge is 0.302 e. The maximum absolute atomic E-state index is 11.5. The van der Waals surface area contributed by atoms with Crippen molar-refractivity contribution >= 4 is 22.4 Å². The van der Waals surface area contributed by atoms with Gasteiger partial charge in [0.05, 0.1) is 5.69 Å². The molecular formula is C10H16N2OS. The van der Waals surface area contributed by atoms with Crippen molar-refractivity contribution < 1.29 is 4.79 Å². The number of aromatic nitrogens is 1. The number of aryl methyl sites for hydroxylation is 1. The quantitative estimate of drug-likeness (QED) is 0.819. The molecule has 0 aromatic carbocycles. The first-order valence-electron chi connectivity index (χ1n) is 4.59. The molecule has 1 aromatic heterocycles. The van der Waals surface area contributed by atoms with E-state index in [0.29, 0.717) is 11.6 Å². The van der Waals surface area contributed by atoms with Crippen LogP contribution in [0.5, 0.6) is 0 Å². The first-order chi connectivity index (χ1) is 6.37. The zero-order valence-corrected chi connectivity index (χ0v) is 9.86. The molecule has 0 spiro atoms. The number of hydrogen-bond donors (Lipinski definition) is 1. The van der Waals surface area contributed by atoms with Crippen molar-refractivity contribution in [1.29, 1.82) is 0 Å². The van der Waals surface area contributed by atoms with E-state index in [4.69, 9.17) is 0 Å². The van der Waals surface area contributed by atoms with Crippen molar-refractivity contribution in [1.82, 2.24) is 4.98 Å².